The summed E-state index contributed by atoms with van der Waals surface area (Å²) in [7, 11) is 0. The van der Waals surface area contributed by atoms with E-state index in [2.05, 4.69) is 231 Å². The lowest BCUT2D eigenvalue weighted by molar-refractivity contribution is 1.07. The van der Waals surface area contributed by atoms with Crippen LogP contribution in [0.5, 0.6) is 0 Å². The van der Waals surface area contributed by atoms with Crippen LogP contribution in [-0.2, 0) is 0 Å². The van der Waals surface area contributed by atoms with Crippen molar-refractivity contribution in [1.82, 2.24) is 19.9 Å². The van der Waals surface area contributed by atoms with Gasteiger partial charge >= 0.3 is 0 Å². The first-order chi connectivity index (χ1) is 32.7. The molecule has 10 aromatic carbocycles. The third-order valence-corrected chi connectivity index (χ3v) is 12.5. The molecule has 0 radical (unpaired) electrons. The Morgan fingerprint density at radius 1 is 0.197 bits per heavy atom. The molecule has 12 aromatic rings. The average molecular weight is 841 g/mol. The Morgan fingerprint density at radius 3 is 1.03 bits per heavy atom. The summed E-state index contributed by atoms with van der Waals surface area (Å²) < 4.78 is 0. The van der Waals surface area contributed by atoms with E-state index < -0.39 is 0 Å². The van der Waals surface area contributed by atoms with Gasteiger partial charge in [-0.3, -0.25) is 0 Å². The van der Waals surface area contributed by atoms with Crippen molar-refractivity contribution >= 4 is 32.4 Å². The predicted octanol–water partition coefficient (Wildman–Crippen LogP) is 16.1. The summed E-state index contributed by atoms with van der Waals surface area (Å²) in [5, 5.41) is 5.98. The topological polar surface area (TPSA) is 51.6 Å². The highest BCUT2D eigenvalue weighted by Gasteiger charge is 2.15. The van der Waals surface area contributed by atoms with Gasteiger partial charge < -0.3 is 0 Å². The van der Waals surface area contributed by atoms with Crippen LogP contribution in [-0.4, -0.2) is 19.9 Å². The van der Waals surface area contributed by atoms with Crippen molar-refractivity contribution < 1.29 is 0 Å². The van der Waals surface area contributed by atoms with Gasteiger partial charge in [-0.15, -0.1) is 0 Å². The number of nitrogens with zero attached hydrogens (tertiary/aromatic N) is 4. The molecule has 0 unspecified atom stereocenters. The summed E-state index contributed by atoms with van der Waals surface area (Å²) in [5.41, 5.74) is 15.0. The summed E-state index contributed by atoms with van der Waals surface area (Å²) in [6, 6.07) is 85.4. The van der Waals surface area contributed by atoms with Gasteiger partial charge in [0.15, 0.2) is 17.5 Å². The molecule has 66 heavy (non-hydrogen) atoms. The zero-order valence-electron chi connectivity index (χ0n) is 35.9. The summed E-state index contributed by atoms with van der Waals surface area (Å²) >= 11 is 0. The van der Waals surface area contributed by atoms with Crippen LogP contribution >= 0.6 is 0 Å². The van der Waals surface area contributed by atoms with Crippen molar-refractivity contribution in [2.24, 2.45) is 0 Å². The standard InChI is InChI=1S/C62H40N4/c1-3-12-41(13-4-1)43-26-32-48(33-27-43)60-64-61(49-34-28-44(29-35-49)42-14-5-2-6-15-42)66-62(65-60)50-36-30-46(31-37-50)45-22-24-47(25-23-45)51-18-11-19-54(38-51)59-57-40-53-17-8-7-16-52(53)39-56(57)55-20-9-10-21-58(55)63-59/h1-40H. The van der Waals surface area contributed by atoms with Gasteiger partial charge in [0.25, 0.3) is 0 Å². The quantitative estimate of drug-likeness (QED) is 0.113. The molecule has 12 rings (SSSR count). The van der Waals surface area contributed by atoms with E-state index >= 15 is 0 Å². The molecule has 2 heterocycles. The Hall–Kier alpha value is -8.86. The van der Waals surface area contributed by atoms with E-state index in [1.807, 2.05) is 12.1 Å². The molecule has 4 heteroatoms. The van der Waals surface area contributed by atoms with Crippen LogP contribution in [0.2, 0.25) is 0 Å². The third kappa shape index (κ3) is 7.47. The molecule has 0 fully saturated rings. The number of pyridine rings is 1. The van der Waals surface area contributed by atoms with Gasteiger partial charge in [0.1, 0.15) is 0 Å². The molecule has 2 aromatic heterocycles. The molecule has 0 saturated carbocycles. The maximum atomic E-state index is 5.25. The second-order valence-electron chi connectivity index (χ2n) is 16.7. The molecule has 0 spiro atoms. The fraction of sp³-hybridized carbons (Fsp3) is 0. The van der Waals surface area contributed by atoms with Gasteiger partial charge in [-0.05, 0) is 84.9 Å². The second-order valence-corrected chi connectivity index (χ2v) is 16.7. The first kappa shape index (κ1) is 38.8. The predicted molar refractivity (Wildman–Crippen MR) is 274 cm³/mol. The van der Waals surface area contributed by atoms with E-state index in [1.54, 1.807) is 0 Å². The molecule has 0 bridgehead atoms. The van der Waals surface area contributed by atoms with Gasteiger partial charge in [-0.2, -0.15) is 0 Å². The highest BCUT2D eigenvalue weighted by atomic mass is 15.0. The molecule has 0 aliphatic rings. The maximum absolute atomic E-state index is 5.25. The van der Waals surface area contributed by atoms with E-state index in [-0.39, 0.29) is 0 Å². The number of fused-ring (bicyclic) bond motifs is 4. The van der Waals surface area contributed by atoms with E-state index in [0.29, 0.717) is 17.5 Å². The minimum Gasteiger partial charge on any atom is -0.247 e. The second kappa shape index (κ2) is 16.7. The van der Waals surface area contributed by atoms with E-state index in [1.165, 1.54) is 32.7 Å². The van der Waals surface area contributed by atoms with E-state index in [4.69, 9.17) is 19.9 Å². The van der Waals surface area contributed by atoms with Gasteiger partial charge in [-0.1, -0.05) is 218 Å². The zero-order valence-corrected chi connectivity index (χ0v) is 35.9. The van der Waals surface area contributed by atoms with E-state index in [0.717, 1.165) is 72.2 Å². The smallest absolute Gasteiger partial charge is 0.164 e. The van der Waals surface area contributed by atoms with Gasteiger partial charge in [0.2, 0.25) is 0 Å². The highest BCUT2D eigenvalue weighted by molar-refractivity contribution is 6.15. The van der Waals surface area contributed by atoms with Gasteiger partial charge in [-0.25, -0.2) is 19.9 Å². The summed E-state index contributed by atoms with van der Waals surface area (Å²) in [4.78, 5) is 20.4. The van der Waals surface area contributed by atoms with Crippen molar-refractivity contribution in [3.05, 3.63) is 243 Å². The van der Waals surface area contributed by atoms with Crippen LogP contribution < -0.4 is 0 Å². The van der Waals surface area contributed by atoms with Crippen LogP contribution in [0.25, 0.3) is 122 Å². The molecule has 0 N–H and O–H groups in total. The largest absolute Gasteiger partial charge is 0.247 e. The minimum atomic E-state index is 0.623. The van der Waals surface area contributed by atoms with Crippen LogP contribution in [0.1, 0.15) is 0 Å². The average Bonchev–Trinajstić information content (AvgIpc) is 3.41. The number of hydrogen-bond donors (Lipinski definition) is 0. The molecule has 0 amide bonds. The molecule has 308 valence electrons. The lowest BCUT2D eigenvalue weighted by Crippen LogP contribution is -2.00. The van der Waals surface area contributed by atoms with Gasteiger partial charge in [0, 0.05) is 33.0 Å². The highest BCUT2D eigenvalue weighted by Crippen LogP contribution is 2.37. The Balaban J connectivity index is 0.853. The Labute approximate surface area is 383 Å². The molecule has 0 aliphatic heterocycles. The molecular weight excluding hydrogens is 801 g/mol. The number of aromatic nitrogens is 4. The summed E-state index contributed by atoms with van der Waals surface area (Å²) in [6.45, 7) is 0. The minimum absolute atomic E-state index is 0.623. The van der Waals surface area contributed by atoms with Crippen LogP contribution in [0, 0.1) is 0 Å². The maximum Gasteiger partial charge on any atom is 0.164 e. The first-order valence-electron chi connectivity index (χ1n) is 22.3. The summed E-state index contributed by atoms with van der Waals surface area (Å²) in [5.74, 6) is 1.88. The van der Waals surface area contributed by atoms with Crippen LogP contribution in [0.4, 0.5) is 0 Å². The number of benzene rings is 10. The van der Waals surface area contributed by atoms with Crippen LogP contribution in [0.3, 0.4) is 0 Å². The van der Waals surface area contributed by atoms with Crippen molar-refractivity contribution in [3.8, 4) is 89.9 Å². The van der Waals surface area contributed by atoms with Crippen molar-refractivity contribution in [3.63, 3.8) is 0 Å². The Kier molecular flexibility index (Phi) is 9.81. The lowest BCUT2D eigenvalue weighted by atomic mass is 9.94. The SMILES string of the molecule is c1ccc(-c2ccc(-c3nc(-c4ccc(-c5ccccc5)cc4)nc(-c4ccc(-c5ccc(-c6cccc(-c7nc8ccccc8c8cc9ccccc9cc78)c6)cc5)cc4)n3)cc2)cc1. The first-order valence-corrected chi connectivity index (χ1v) is 22.3. The lowest BCUT2D eigenvalue weighted by Gasteiger charge is -2.13. The molecule has 0 saturated heterocycles. The number of rotatable bonds is 8. The Bertz CT molecular complexity index is 3600. The third-order valence-electron chi connectivity index (χ3n) is 12.5. The monoisotopic (exact) mass is 840 g/mol. The van der Waals surface area contributed by atoms with Gasteiger partial charge in [0.05, 0.1) is 11.2 Å². The summed E-state index contributed by atoms with van der Waals surface area (Å²) in [6.07, 6.45) is 0. The van der Waals surface area contributed by atoms with Crippen LogP contribution in [0.15, 0.2) is 243 Å². The number of hydrogen-bond acceptors (Lipinski definition) is 4. The fourth-order valence-electron chi connectivity index (χ4n) is 9.02. The van der Waals surface area contributed by atoms with E-state index in [9.17, 15) is 0 Å². The number of para-hydroxylation sites is 1. The molecule has 0 atom stereocenters. The molecule has 4 nitrogen and oxygen atoms in total. The fourth-order valence-corrected chi connectivity index (χ4v) is 9.02. The normalized spacial score (nSPS) is 11.3. The Morgan fingerprint density at radius 2 is 0.545 bits per heavy atom. The van der Waals surface area contributed by atoms with Crippen molar-refractivity contribution in [2.75, 3.05) is 0 Å². The molecular formula is C62H40N4. The zero-order chi connectivity index (χ0) is 43.8. The van der Waals surface area contributed by atoms with Crippen molar-refractivity contribution in [2.45, 2.75) is 0 Å². The van der Waals surface area contributed by atoms with Crippen molar-refractivity contribution in [1.29, 1.82) is 0 Å². The molecule has 0 aliphatic carbocycles.